The summed E-state index contributed by atoms with van der Waals surface area (Å²) >= 11 is 13.6. The smallest absolute Gasteiger partial charge is 0.209 e. The average Bonchev–Trinajstić information content (AvgIpc) is 3.03. The predicted molar refractivity (Wildman–Crippen MR) is 94.4 cm³/mol. The molecule has 0 unspecified atom stereocenters. The highest BCUT2D eigenvalue weighted by molar-refractivity contribution is 7.98. The first-order valence-corrected chi connectivity index (χ1v) is 8.54. The van der Waals surface area contributed by atoms with Gasteiger partial charge in [0.05, 0.1) is 12.7 Å². The van der Waals surface area contributed by atoms with Crippen LogP contribution in [0.3, 0.4) is 0 Å². The number of H-pyrrole nitrogens is 1. The molecule has 2 aromatic carbocycles. The van der Waals surface area contributed by atoms with Gasteiger partial charge in [0, 0.05) is 15.8 Å². The fourth-order valence-corrected chi connectivity index (χ4v) is 3.41. The molecule has 1 aromatic heterocycles. The molecule has 3 rings (SSSR count). The van der Waals surface area contributed by atoms with Gasteiger partial charge in [-0.1, -0.05) is 53.2 Å². The first-order chi connectivity index (χ1) is 11.2. The summed E-state index contributed by atoms with van der Waals surface area (Å²) in [5, 5.41) is 9.09. The predicted octanol–water partition coefficient (Wildman–Crippen LogP) is 5.08. The van der Waals surface area contributed by atoms with Gasteiger partial charge in [-0.25, -0.2) is 4.98 Å². The zero-order valence-corrected chi connectivity index (χ0v) is 14.5. The van der Waals surface area contributed by atoms with Gasteiger partial charge in [0.1, 0.15) is 5.75 Å². The van der Waals surface area contributed by atoms with E-state index in [0.717, 1.165) is 16.9 Å². The Hall–Kier alpha value is -1.69. The van der Waals surface area contributed by atoms with E-state index in [1.54, 1.807) is 13.2 Å². The molecule has 7 heteroatoms. The molecule has 0 aliphatic heterocycles. The number of ether oxygens (including phenoxy) is 1. The molecule has 0 radical (unpaired) electrons. The van der Waals surface area contributed by atoms with E-state index in [1.807, 2.05) is 36.4 Å². The molecule has 3 aromatic rings. The summed E-state index contributed by atoms with van der Waals surface area (Å²) in [5.41, 5.74) is 1.86. The van der Waals surface area contributed by atoms with E-state index in [2.05, 4.69) is 15.2 Å². The van der Waals surface area contributed by atoms with Crippen LogP contribution in [0, 0.1) is 0 Å². The number of methoxy groups -OCH3 is 1. The van der Waals surface area contributed by atoms with Gasteiger partial charge in [-0.3, -0.25) is 5.10 Å². The van der Waals surface area contributed by atoms with Crippen molar-refractivity contribution in [2.45, 2.75) is 10.9 Å². The Labute approximate surface area is 148 Å². The lowest BCUT2D eigenvalue weighted by atomic mass is 10.2. The second-order valence-electron chi connectivity index (χ2n) is 4.69. The highest BCUT2D eigenvalue weighted by atomic mass is 35.5. The van der Waals surface area contributed by atoms with Crippen molar-refractivity contribution in [2.24, 2.45) is 0 Å². The molecular formula is C16H13Cl2N3OS. The SMILES string of the molecule is COc1ccccc1-c1nc(SCc2ccc(Cl)cc2Cl)n[nH]1. The van der Waals surface area contributed by atoms with Crippen molar-refractivity contribution in [2.75, 3.05) is 7.11 Å². The fraction of sp³-hybridized carbons (Fsp3) is 0.125. The number of benzene rings is 2. The zero-order chi connectivity index (χ0) is 16.2. The highest BCUT2D eigenvalue weighted by Crippen LogP contribution is 2.30. The van der Waals surface area contributed by atoms with Crippen LogP contribution in [0.1, 0.15) is 5.56 Å². The van der Waals surface area contributed by atoms with Crippen LogP contribution < -0.4 is 4.74 Å². The maximum Gasteiger partial charge on any atom is 0.209 e. The number of rotatable bonds is 5. The molecule has 0 saturated heterocycles. The Morgan fingerprint density at radius 3 is 2.78 bits per heavy atom. The molecule has 118 valence electrons. The average molecular weight is 366 g/mol. The summed E-state index contributed by atoms with van der Waals surface area (Å²) in [4.78, 5) is 4.50. The van der Waals surface area contributed by atoms with Crippen molar-refractivity contribution < 1.29 is 4.74 Å². The zero-order valence-electron chi connectivity index (χ0n) is 12.2. The summed E-state index contributed by atoms with van der Waals surface area (Å²) in [6.07, 6.45) is 0. The third-order valence-corrected chi connectivity index (χ3v) is 4.68. The summed E-state index contributed by atoms with van der Waals surface area (Å²) in [7, 11) is 1.63. The number of nitrogens with one attached hydrogen (secondary N) is 1. The third kappa shape index (κ3) is 3.80. The number of thioether (sulfide) groups is 1. The lowest BCUT2D eigenvalue weighted by Crippen LogP contribution is -1.88. The third-order valence-electron chi connectivity index (χ3n) is 3.20. The van der Waals surface area contributed by atoms with Gasteiger partial charge >= 0.3 is 0 Å². The topological polar surface area (TPSA) is 50.8 Å². The van der Waals surface area contributed by atoms with Crippen LogP contribution in [0.4, 0.5) is 0 Å². The van der Waals surface area contributed by atoms with Gasteiger partial charge in [-0.2, -0.15) is 0 Å². The summed E-state index contributed by atoms with van der Waals surface area (Å²) in [6.45, 7) is 0. The van der Waals surface area contributed by atoms with Crippen molar-refractivity contribution in [3.8, 4) is 17.1 Å². The Kier molecular flexibility index (Phi) is 5.10. The Balaban J connectivity index is 1.75. The maximum absolute atomic E-state index is 6.17. The number of nitrogens with zero attached hydrogens (tertiary/aromatic N) is 2. The largest absolute Gasteiger partial charge is 0.496 e. The normalized spacial score (nSPS) is 10.7. The minimum Gasteiger partial charge on any atom is -0.496 e. The van der Waals surface area contributed by atoms with Crippen LogP contribution in [0.25, 0.3) is 11.4 Å². The molecule has 0 spiro atoms. The van der Waals surface area contributed by atoms with Gasteiger partial charge in [0.15, 0.2) is 5.82 Å². The Morgan fingerprint density at radius 1 is 1.17 bits per heavy atom. The molecule has 4 nitrogen and oxygen atoms in total. The minimum atomic E-state index is 0.625. The molecule has 0 aliphatic carbocycles. The van der Waals surface area contributed by atoms with Crippen LogP contribution in [0.2, 0.25) is 10.0 Å². The standard InChI is InChI=1S/C16H13Cl2N3OS/c1-22-14-5-3-2-4-12(14)15-19-16(21-20-15)23-9-10-6-7-11(17)8-13(10)18/h2-8H,9H2,1H3,(H,19,20,21). The fourth-order valence-electron chi connectivity index (χ4n) is 2.05. The lowest BCUT2D eigenvalue weighted by Gasteiger charge is -2.04. The monoisotopic (exact) mass is 365 g/mol. The number of aromatic nitrogens is 3. The van der Waals surface area contributed by atoms with E-state index < -0.39 is 0 Å². The molecule has 23 heavy (non-hydrogen) atoms. The van der Waals surface area contributed by atoms with Gasteiger partial charge in [0.2, 0.25) is 5.16 Å². The van der Waals surface area contributed by atoms with Crippen molar-refractivity contribution in [3.63, 3.8) is 0 Å². The van der Waals surface area contributed by atoms with E-state index in [4.69, 9.17) is 27.9 Å². The van der Waals surface area contributed by atoms with E-state index in [1.165, 1.54) is 11.8 Å². The quantitative estimate of drug-likeness (QED) is 0.640. The lowest BCUT2D eigenvalue weighted by molar-refractivity contribution is 0.416. The molecule has 1 N–H and O–H groups in total. The molecule has 0 bridgehead atoms. The van der Waals surface area contributed by atoms with Gasteiger partial charge in [0.25, 0.3) is 0 Å². The maximum atomic E-state index is 6.17. The first kappa shape index (κ1) is 16.2. The van der Waals surface area contributed by atoms with E-state index in [0.29, 0.717) is 26.8 Å². The van der Waals surface area contributed by atoms with Crippen LogP contribution in [0.15, 0.2) is 47.6 Å². The number of para-hydroxylation sites is 1. The number of aromatic amines is 1. The highest BCUT2D eigenvalue weighted by Gasteiger charge is 2.11. The number of hydrogen-bond donors (Lipinski definition) is 1. The van der Waals surface area contributed by atoms with Crippen molar-refractivity contribution in [1.29, 1.82) is 0 Å². The van der Waals surface area contributed by atoms with Gasteiger partial charge in [-0.05, 0) is 29.8 Å². The molecule has 1 heterocycles. The number of halogens is 2. The Bertz CT molecular complexity index is 823. The summed E-state index contributed by atoms with van der Waals surface area (Å²) in [6, 6.07) is 13.1. The first-order valence-electron chi connectivity index (χ1n) is 6.80. The van der Waals surface area contributed by atoms with Crippen LogP contribution >= 0.6 is 35.0 Å². The van der Waals surface area contributed by atoms with Gasteiger partial charge < -0.3 is 4.74 Å². The van der Waals surface area contributed by atoms with Crippen molar-refractivity contribution >= 4 is 35.0 Å². The van der Waals surface area contributed by atoms with Crippen LogP contribution in [0.5, 0.6) is 5.75 Å². The molecule has 0 saturated carbocycles. The van der Waals surface area contributed by atoms with Crippen LogP contribution in [-0.4, -0.2) is 22.3 Å². The second-order valence-corrected chi connectivity index (χ2v) is 6.48. The van der Waals surface area contributed by atoms with Crippen LogP contribution in [-0.2, 0) is 5.75 Å². The number of hydrogen-bond acceptors (Lipinski definition) is 4. The Morgan fingerprint density at radius 2 is 2.00 bits per heavy atom. The minimum absolute atomic E-state index is 0.625. The van der Waals surface area contributed by atoms with Gasteiger partial charge in [-0.15, -0.1) is 5.10 Å². The molecular weight excluding hydrogens is 353 g/mol. The molecule has 0 fully saturated rings. The van der Waals surface area contributed by atoms with E-state index in [9.17, 15) is 0 Å². The summed E-state index contributed by atoms with van der Waals surface area (Å²) < 4.78 is 5.34. The summed E-state index contributed by atoms with van der Waals surface area (Å²) in [5.74, 6) is 2.09. The second kappa shape index (κ2) is 7.25. The molecule has 0 amide bonds. The van der Waals surface area contributed by atoms with E-state index >= 15 is 0 Å². The molecule has 0 aliphatic rings. The van der Waals surface area contributed by atoms with Crippen molar-refractivity contribution in [3.05, 3.63) is 58.1 Å². The molecule has 0 atom stereocenters. The van der Waals surface area contributed by atoms with Crippen molar-refractivity contribution in [1.82, 2.24) is 15.2 Å². The van der Waals surface area contributed by atoms with E-state index in [-0.39, 0.29) is 0 Å².